The van der Waals surface area contributed by atoms with E-state index in [9.17, 15) is 8.78 Å². The van der Waals surface area contributed by atoms with Crippen molar-refractivity contribution in [2.45, 2.75) is 64.7 Å². The van der Waals surface area contributed by atoms with Gasteiger partial charge in [0.05, 0.1) is 19.0 Å². The first kappa shape index (κ1) is 22.8. The molecule has 32 heavy (non-hydrogen) atoms. The molecule has 0 radical (unpaired) electrons. The summed E-state index contributed by atoms with van der Waals surface area (Å²) in [6, 6.07) is 10.8. The third-order valence-electron chi connectivity index (χ3n) is 7.04. The van der Waals surface area contributed by atoms with Gasteiger partial charge in [-0.15, -0.1) is 0 Å². The van der Waals surface area contributed by atoms with Crippen molar-refractivity contribution in [1.82, 2.24) is 0 Å². The molecule has 2 aliphatic rings. The van der Waals surface area contributed by atoms with Gasteiger partial charge in [0.25, 0.3) is 0 Å². The fourth-order valence-corrected chi connectivity index (χ4v) is 5.20. The Hall–Kier alpha value is -2.36. The number of hydrogen-bond acceptors (Lipinski definition) is 2. The predicted octanol–water partition coefficient (Wildman–Crippen LogP) is 8.02. The van der Waals surface area contributed by atoms with Gasteiger partial charge in [-0.3, -0.25) is 0 Å². The highest BCUT2D eigenvalue weighted by atomic mass is 19.2. The fraction of sp³-hybridized carbons (Fsp3) is 0.500. The van der Waals surface area contributed by atoms with Gasteiger partial charge < -0.3 is 9.47 Å². The molecule has 1 unspecified atom stereocenters. The molecule has 1 fully saturated rings. The number of rotatable bonds is 7. The van der Waals surface area contributed by atoms with E-state index in [1.165, 1.54) is 55.9 Å². The van der Waals surface area contributed by atoms with Gasteiger partial charge in [0.15, 0.2) is 11.6 Å². The summed E-state index contributed by atoms with van der Waals surface area (Å²) in [5, 5.41) is 0. The van der Waals surface area contributed by atoms with Gasteiger partial charge in [0.1, 0.15) is 0 Å². The second-order valence-electron chi connectivity index (χ2n) is 9.15. The molecule has 0 amide bonds. The van der Waals surface area contributed by atoms with Crippen molar-refractivity contribution in [2.24, 2.45) is 11.8 Å². The molecular weight excluding hydrogens is 406 g/mol. The quantitative estimate of drug-likeness (QED) is 0.434. The molecule has 2 aromatic rings. The molecule has 2 nitrogen and oxygen atoms in total. The van der Waals surface area contributed by atoms with Crippen LogP contribution in [-0.4, -0.2) is 13.2 Å². The van der Waals surface area contributed by atoms with Crippen molar-refractivity contribution < 1.29 is 18.3 Å². The van der Waals surface area contributed by atoms with Gasteiger partial charge in [-0.2, -0.15) is 4.39 Å². The van der Waals surface area contributed by atoms with Gasteiger partial charge >= 0.3 is 0 Å². The van der Waals surface area contributed by atoms with Crippen LogP contribution in [0.15, 0.2) is 48.2 Å². The summed E-state index contributed by atoms with van der Waals surface area (Å²) in [6.45, 7) is 5.00. The Bertz CT molecular complexity index is 927. The number of ether oxygens (including phenoxy) is 2. The van der Waals surface area contributed by atoms with E-state index in [1.807, 2.05) is 24.3 Å². The molecule has 172 valence electrons. The van der Waals surface area contributed by atoms with Crippen LogP contribution in [0.2, 0.25) is 0 Å². The molecule has 1 saturated carbocycles. The third-order valence-corrected chi connectivity index (χ3v) is 7.04. The Morgan fingerprint density at radius 2 is 1.66 bits per heavy atom. The first-order valence-corrected chi connectivity index (χ1v) is 12.1. The minimum atomic E-state index is -0.935. The molecule has 4 rings (SSSR count). The van der Waals surface area contributed by atoms with Gasteiger partial charge in [0.2, 0.25) is 5.82 Å². The van der Waals surface area contributed by atoms with E-state index in [-0.39, 0.29) is 11.3 Å². The lowest BCUT2D eigenvalue weighted by Crippen LogP contribution is -2.21. The first-order chi connectivity index (χ1) is 15.6. The lowest BCUT2D eigenvalue weighted by atomic mass is 9.78. The molecule has 0 saturated heterocycles. The maximum absolute atomic E-state index is 14.5. The van der Waals surface area contributed by atoms with E-state index in [2.05, 4.69) is 13.0 Å². The molecule has 0 bridgehead atoms. The zero-order chi connectivity index (χ0) is 22.5. The second kappa shape index (κ2) is 10.5. The lowest BCUT2D eigenvalue weighted by Gasteiger charge is -2.33. The largest absolute Gasteiger partial charge is 0.497 e. The normalized spacial score (nSPS) is 23.4. The predicted molar refractivity (Wildman–Crippen MR) is 125 cm³/mol. The van der Waals surface area contributed by atoms with Crippen LogP contribution >= 0.6 is 0 Å². The van der Waals surface area contributed by atoms with Gasteiger partial charge in [-0.25, -0.2) is 4.39 Å². The van der Waals surface area contributed by atoms with Crippen molar-refractivity contribution in [3.8, 4) is 16.9 Å². The van der Waals surface area contributed by atoms with Crippen molar-refractivity contribution in [3.05, 3.63) is 65.4 Å². The Balaban J connectivity index is 1.39. The average Bonchev–Trinajstić information content (AvgIpc) is 2.83. The number of halogens is 2. The Labute approximate surface area is 190 Å². The SMILES string of the molecule is CCCC1CCC(C2=CCC(c3ccc(-c4ccc(OCC)c(F)c4F)cc3)CO2)CC1. The summed E-state index contributed by atoms with van der Waals surface area (Å²) in [7, 11) is 0. The highest BCUT2D eigenvalue weighted by Gasteiger charge is 2.27. The Morgan fingerprint density at radius 1 is 0.906 bits per heavy atom. The summed E-state index contributed by atoms with van der Waals surface area (Å²) in [4.78, 5) is 0. The molecular formula is C28H34F2O2. The maximum Gasteiger partial charge on any atom is 0.201 e. The zero-order valence-electron chi connectivity index (χ0n) is 19.2. The van der Waals surface area contributed by atoms with E-state index >= 15 is 0 Å². The van der Waals surface area contributed by atoms with Crippen LogP contribution in [0, 0.1) is 23.5 Å². The van der Waals surface area contributed by atoms with Crippen LogP contribution in [0.5, 0.6) is 5.75 Å². The van der Waals surface area contributed by atoms with E-state index in [0.29, 0.717) is 30.6 Å². The van der Waals surface area contributed by atoms with Crippen LogP contribution in [0.25, 0.3) is 11.1 Å². The smallest absolute Gasteiger partial charge is 0.201 e. The van der Waals surface area contributed by atoms with Crippen LogP contribution in [0.3, 0.4) is 0 Å². The molecule has 1 atom stereocenters. The zero-order valence-corrected chi connectivity index (χ0v) is 19.2. The number of hydrogen-bond donors (Lipinski definition) is 0. The molecule has 2 aromatic carbocycles. The van der Waals surface area contributed by atoms with Gasteiger partial charge in [-0.1, -0.05) is 44.0 Å². The minimum absolute atomic E-state index is 0.0498. The van der Waals surface area contributed by atoms with Crippen molar-refractivity contribution in [3.63, 3.8) is 0 Å². The minimum Gasteiger partial charge on any atom is -0.497 e. The van der Waals surface area contributed by atoms with Crippen molar-refractivity contribution >= 4 is 0 Å². The molecule has 1 heterocycles. The molecule has 0 aromatic heterocycles. The Morgan fingerprint density at radius 3 is 2.28 bits per heavy atom. The third kappa shape index (κ3) is 5.00. The topological polar surface area (TPSA) is 18.5 Å². The standard InChI is InChI=1S/C28H34F2O2/c1-3-5-19-6-8-22(9-7-19)25-16-14-23(18-32-25)20-10-12-21(13-11-20)24-15-17-26(31-4-2)28(30)27(24)29/h10-13,15-17,19,22-23H,3-9,14,18H2,1-2H3. The molecule has 1 aliphatic heterocycles. The summed E-state index contributed by atoms with van der Waals surface area (Å²) in [6.07, 6.45) is 11.1. The maximum atomic E-state index is 14.5. The number of benzene rings is 2. The van der Waals surface area contributed by atoms with Crippen LogP contribution in [0.4, 0.5) is 8.78 Å². The van der Waals surface area contributed by atoms with E-state index in [4.69, 9.17) is 9.47 Å². The monoisotopic (exact) mass is 440 g/mol. The van der Waals surface area contributed by atoms with Crippen LogP contribution in [-0.2, 0) is 4.74 Å². The summed E-state index contributed by atoms with van der Waals surface area (Å²) in [5.74, 6) is 1.13. The van der Waals surface area contributed by atoms with Gasteiger partial charge in [-0.05, 0) is 74.3 Å². The number of allylic oxidation sites excluding steroid dienone is 2. The average molecular weight is 441 g/mol. The van der Waals surface area contributed by atoms with E-state index < -0.39 is 11.6 Å². The molecule has 1 aliphatic carbocycles. The Kier molecular flexibility index (Phi) is 7.49. The van der Waals surface area contributed by atoms with Crippen molar-refractivity contribution in [2.75, 3.05) is 13.2 Å². The van der Waals surface area contributed by atoms with E-state index in [1.54, 1.807) is 13.0 Å². The molecule has 4 heteroatoms. The second-order valence-corrected chi connectivity index (χ2v) is 9.15. The van der Waals surface area contributed by atoms with E-state index in [0.717, 1.165) is 12.3 Å². The van der Waals surface area contributed by atoms with Gasteiger partial charge in [0, 0.05) is 17.4 Å². The first-order valence-electron chi connectivity index (χ1n) is 12.1. The lowest BCUT2D eigenvalue weighted by molar-refractivity contribution is 0.123. The summed E-state index contributed by atoms with van der Waals surface area (Å²) < 4.78 is 40.1. The summed E-state index contributed by atoms with van der Waals surface area (Å²) in [5.41, 5.74) is 2.07. The van der Waals surface area contributed by atoms with Crippen molar-refractivity contribution in [1.29, 1.82) is 0 Å². The van der Waals surface area contributed by atoms with Crippen LogP contribution < -0.4 is 4.74 Å². The fourth-order valence-electron chi connectivity index (χ4n) is 5.20. The van der Waals surface area contributed by atoms with Crippen LogP contribution in [0.1, 0.15) is 70.3 Å². The highest BCUT2D eigenvalue weighted by molar-refractivity contribution is 5.65. The molecule has 0 spiro atoms. The highest BCUT2D eigenvalue weighted by Crippen LogP contribution is 2.39. The summed E-state index contributed by atoms with van der Waals surface area (Å²) >= 11 is 0. The molecule has 0 N–H and O–H groups in total.